The molecule has 9 aromatic carbocycles. The first-order valence-electron chi connectivity index (χ1n) is 21.4. The van der Waals surface area contributed by atoms with Gasteiger partial charge >= 0.3 is 0 Å². The van der Waals surface area contributed by atoms with Crippen molar-refractivity contribution in [2.75, 3.05) is 16.8 Å². The van der Waals surface area contributed by atoms with Crippen molar-refractivity contribution < 1.29 is 4.74 Å². The molecular formula is C59H52N2O. The first-order chi connectivity index (χ1) is 30.1. The van der Waals surface area contributed by atoms with Gasteiger partial charge in [0.2, 0.25) is 0 Å². The fourth-order valence-corrected chi connectivity index (χ4v) is 8.76. The van der Waals surface area contributed by atoms with E-state index in [0.29, 0.717) is 0 Å². The summed E-state index contributed by atoms with van der Waals surface area (Å²) in [5.41, 5.74) is 13.3. The summed E-state index contributed by atoms with van der Waals surface area (Å²) in [6, 6.07) is 67.1. The number of hydrogen-bond donors (Lipinski definition) is 0. The van der Waals surface area contributed by atoms with Gasteiger partial charge in [0.05, 0.1) is 5.70 Å². The van der Waals surface area contributed by atoms with Crippen molar-refractivity contribution in [2.24, 2.45) is 0 Å². The molecule has 3 heteroatoms. The molecule has 62 heavy (non-hydrogen) atoms. The summed E-state index contributed by atoms with van der Waals surface area (Å²) in [6.45, 7) is 15.6. The molecule has 0 heterocycles. The normalized spacial score (nSPS) is 12.0. The highest BCUT2D eigenvalue weighted by molar-refractivity contribution is 6.11. The molecule has 0 spiro atoms. The van der Waals surface area contributed by atoms with Crippen LogP contribution < -0.4 is 19.8 Å². The minimum atomic E-state index is 0.0435. The van der Waals surface area contributed by atoms with Crippen LogP contribution in [0.3, 0.4) is 0 Å². The Kier molecular flexibility index (Phi) is 10.7. The van der Waals surface area contributed by atoms with Crippen molar-refractivity contribution in [3.05, 3.63) is 223 Å². The van der Waals surface area contributed by atoms with E-state index >= 15 is 0 Å². The molecule has 0 aliphatic heterocycles. The Bertz CT molecular complexity index is 3150. The first-order valence-corrected chi connectivity index (χ1v) is 21.4. The van der Waals surface area contributed by atoms with Gasteiger partial charge in [-0.05, 0) is 123 Å². The van der Waals surface area contributed by atoms with Crippen molar-refractivity contribution in [1.82, 2.24) is 0 Å². The van der Waals surface area contributed by atoms with Gasteiger partial charge in [0.25, 0.3) is 0 Å². The predicted octanol–water partition coefficient (Wildman–Crippen LogP) is 15.7. The Labute approximate surface area is 366 Å². The van der Waals surface area contributed by atoms with Crippen molar-refractivity contribution in [2.45, 2.75) is 40.0 Å². The van der Waals surface area contributed by atoms with Gasteiger partial charge in [0, 0.05) is 46.1 Å². The van der Waals surface area contributed by atoms with Crippen LogP contribution in [0.2, 0.25) is 0 Å². The van der Waals surface area contributed by atoms with Gasteiger partial charge in [-0.25, -0.2) is 0 Å². The van der Waals surface area contributed by atoms with Crippen LogP contribution in [0.5, 0.6) is 11.5 Å². The van der Waals surface area contributed by atoms with Gasteiger partial charge in [0.15, 0.2) is 0 Å². The fraction of sp³-hybridized carbons (Fsp3) is 0.119. The highest BCUT2D eigenvalue weighted by Gasteiger charge is 2.21. The summed E-state index contributed by atoms with van der Waals surface area (Å²) >= 11 is 0. The van der Waals surface area contributed by atoms with Gasteiger partial charge in [-0.15, -0.1) is 0 Å². The van der Waals surface area contributed by atoms with E-state index in [0.717, 1.165) is 61.7 Å². The highest BCUT2D eigenvalue weighted by Crippen LogP contribution is 2.42. The lowest BCUT2D eigenvalue weighted by Crippen LogP contribution is -2.23. The van der Waals surface area contributed by atoms with E-state index in [1.165, 1.54) is 43.9 Å². The maximum atomic E-state index is 6.95. The van der Waals surface area contributed by atoms with E-state index in [9.17, 15) is 0 Å². The smallest absolute Gasteiger partial charge is 0.135 e. The van der Waals surface area contributed by atoms with Crippen LogP contribution in [-0.4, -0.2) is 7.05 Å². The van der Waals surface area contributed by atoms with Gasteiger partial charge < -0.3 is 14.5 Å². The quantitative estimate of drug-likeness (QED) is 0.137. The molecule has 3 nitrogen and oxygen atoms in total. The number of benzene rings is 9. The Balaban J connectivity index is 1.14. The second-order valence-corrected chi connectivity index (χ2v) is 17.2. The Hall–Kier alpha value is -7.36. The number of nitrogens with zero attached hydrogens (tertiary/aromatic N) is 2. The van der Waals surface area contributed by atoms with Crippen molar-refractivity contribution in [3.63, 3.8) is 0 Å². The number of rotatable bonds is 10. The van der Waals surface area contributed by atoms with Gasteiger partial charge in [-0.3, -0.25) is 0 Å². The molecule has 9 aromatic rings. The third-order valence-corrected chi connectivity index (χ3v) is 12.1. The number of anilines is 4. The topological polar surface area (TPSA) is 15.7 Å². The molecule has 0 aliphatic rings. The van der Waals surface area contributed by atoms with Gasteiger partial charge in [-0.1, -0.05) is 167 Å². The molecule has 304 valence electrons. The molecule has 0 radical (unpaired) electrons. The second kappa shape index (κ2) is 16.6. The Morgan fingerprint density at radius 1 is 0.532 bits per heavy atom. The van der Waals surface area contributed by atoms with Crippen molar-refractivity contribution >= 4 is 50.0 Å². The molecule has 0 aromatic heterocycles. The minimum absolute atomic E-state index is 0.0435. The lowest BCUT2D eigenvalue weighted by Gasteiger charge is -2.29. The lowest BCUT2D eigenvalue weighted by molar-refractivity contribution is 0.486. The summed E-state index contributed by atoms with van der Waals surface area (Å²) in [6.07, 6.45) is 2.01. The molecule has 0 bridgehead atoms. The molecule has 0 fully saturated rings. The summed E-state index contributed by atoms with van der Waals surface area (Å²) < 4.78 is 6.95. The molecule has 0 aliphatic carbocycles. The second-order valence-electron chi connectivity index (χ2n) is 17.2. The first kappa shape index (κ1) is 40.1. The Morgan fingerprint density at radius 2 is 1.06 bits per heavy atom. The largest absolute Gasteiger partial charge is 0.456 e. The SMILES string of the molecule is C=C/C(=c1/ccc2cc(C(C)(C)C)cc3cccc1c32)N(c1cccc(-c2ccccc2Oc2ccccc2-c2cccc(N(C)c3ccccc3C)c2)c1)c1ccccc1C. The average Bonchev–Trinajstić information content (AvgIpc) is 3.29. The highest BCUT2D eigenvalue weighted by atomic mass is 16.5. The molecular weight excluding hydrogens is 753 g/mol. The fourth-order valence-electron chi connectivity index (χ4n) is 8.76. The van der Waals surface area contributed by atoms with Gasteiger partial charge in [0.1, 0.15) is 11.5 Å². The summed E-state index contributed by atoms with van der Waals surface area (Å²) in [4.78, 5) is 4.60. The van der Waals surface area contributed by atoms with E-state index in [4.69, 9.17) is 4.74 Å². The number of aryl methyl sites for hydroxylation is 2. The summed E-state index contributed by atoms with van der Waals surface area (Å²) in [5, 5.41) is 6.10. The predicted molar refractivity (Wildman–Crippen MR) is 265 cm³/mol. The maximum absolute atomic E-state index is 6.95. The zero-order chi connectivity index (χ0) is 43.0. The van der Waals surface area contributed by atoms with Crippen LogP contribution in [0, 0.1) is 13.8 Å². The number of ether oxygens (including phenoxy) is 1. The average molecular weight is 805 g/mol. The molecule has 0 saturated heterocycles. The molecule has 0 amide bonds. The number of para-hydroxylation sites is 4. The van der Waals surface area contributed by atoms with Crippen LogP contribution in [0.25, 0.3) is 49.5 Å². The lowest BCUT2D eigenvalue weighted by atomic mass is 9.84. The van der Waals surface area contributed by atoms with Crippen LogP contribution in [0.4, 0.5) is 22.7 Å². The minimum Gasteiger partial charge on any atom is -0.456 e. The van der Waals surface area contributed by atoms with Crippen molar-refractivity contribution in [3.8, 4) is 33.8 Å². The monoisotopic (exact) mass is 804 g/mol. The van der Waals surface area contributed by atoms with Crippen LogP contribution >= 0.6 is 0 Å². The number of hydrogen-bond acceptors (Lipinski definition) is 3. The standard InChI is InChI=1S/C59H52N2O/c1-8-53(51-35-34-45-37-46(59(4,5)6)36-44-24-19-29-52(51)58(44)45)61(55-31-14-10-21-41(55)3)48-26-18-23-43(39-48)50-28-12-16-33-57(50)62-56-32-15-11-27-49(56)42-22-17-25-47(38-42)60(7)54-30-13-9-20-40(54)2/h8-39H,1H2,2-7H3/b53-51+. The van der Waals surface area contributed by atoms with E-state index in [-0.39, 0.29) is 5.41 Å². The molecule has 9 rings (SSSR count). The van der Waals surface area contributed by atoms with Crippen LogP contribution in [-0.2, 0) is 5.41 Å². The van der Waals surface area contributed by atoms with E-state index in [1.54, 1.807) is 0 Å². The third-order valence-electron chi connectivity index (χ3n) is 12.1. The van der Waals surface area contributed by atoms with Crippen LogP contribution in [0.15, 0.2) is 201 Å². The van der Waals surface area contributed by atoms with E-state index in [2.05, 4.69) is 234 Å². The zero-order valence-electron chi connectivity index (χ0n) is 36.5. The summed E-state index contributed by atoms with van der Waals surface area (Å²) in [5.74, 6) is 1.57. The zero-order valence-corrected chi connectivity index (χ0v) is 36.5. The molecule has 0 atom stereocenters. The molecule has 0 unspecified atom stereocenters. The van der Waals surface area contributed by atoms with Gasteiger partial charge in [-0.2, -0.15) is 0 Å². The molecule has 0 N–H and O–H groups in total. The Morgan fingerprint density at radius 3 is 1.68 bits per heavy atom. The van der Waals surface area contributed by atoms with Crippen molar-refractivity contribution in [1.29, 1.82) is 0 Å². The third kappa shape index (κ3) is 7.63. The molecule has 0 saturated carbocycles. The van der Waals surface area contributed by atoms with E-state index in [1.807, 2.05) is 18.2 Å². The van der Waals surface area contributed by atoms with E-state index < -0.39 is 0 Å². The van der Waals surface area contributed by atoms with Crippen LogP contribution in [0.1, 0.15) is 37.5 Å². The summed E-state index contributed by atoms with van der Waals surface area (Å²) in [7, 11) is 2.12. The maximum Gasteiger partial charge on any atom is 0.135 e.